The first kappa shape index (κ1) is 22.7. The highest BCUT2D eigenvalue weighted by Crippen LogP contribution is 2.33. The number of ether oxygens (including phenoxy) is 2. The van der Waals surface area contributed by atoms with Gasteiger partial charge in [0.15, 0.2) is 11.5 Å². The molecule has 2 aliphatic rings. The van der Waals surface area contributed by atoms with Gasteiger partial charge in [-0.1, -0.05) is 6.07 Å². The van der Waals surface area contributed by atoms with Crippen LogP contribution in [0.15, 0.2) is 18.2 Å². The number of piperidine rings is 1. The Bertz CT molecular complexity index is 638. The van der Waals surface area contributed by atoms with Crippen LogP contribution in [0.3, 0.4) is 0 Å². The number of carbonyl (C=O) groups is 1. The van der Waals surface area contributed by atoms with Crippen molar-refractivity contribution in [1.29, 1.82) is 0 Å². The Kier molecular flexibility index (Phi) is 8.76. The summed E-state index contributed by atoms with van der Waals surface area (Å²) in [5.41, 5.74) is 0.857. The molecule has 0 radical (unpaired) electrons. The predicted octanol–water partition coefficient (Wildman–Crippen LogP) is 3.99. The predicted molar refractivity (Wildman–Crippen MR) is 105 cm³/mol. The van der Waals surface area contributed by atoms with E-state index in [-0.39, 0.29) is 29.8 Å². The summed E-state index contributed by atoms with van der Waals surface area (Å²) in [5.74, 6) is 1.07. The van der Waals surface area contributed by atoms with Crippen LogP contribution in [0.2, 0.25) is 0 Å². The highest BCUT2D eigenvalue weighted by molar-refractivity contribution is 5.85. The van der Waals surface area contributed by atoms with E-state index >= 15 is 0 Å². The van der Waals surface area contributed by atoms with Crippen LogP contribution in [0.4, 0.5) is 8.78 Å². The van der Waals surface area contributed by atoms with Crippen LogP contribution in [-0.2, 0) is 11.3 Å². The maximum absolute atomic E-state index is 12.8. The molecule has 0 unspecified atom stereocenters. The molecule has 1 aromatic rings. The van der Waals surface area contributed by atoms with Gasteiger partial charge in [-0.2, -0.15) is 8.78 Å². The van der Waals surface area contributed by atoms with Crippen molar-refractivity contribution in [3.05, 3.63) is 23.8 Å². The second-order valence-corrected chi connectivity index (χ2v) is 7.35. The van der Waals surface area contributed by atoms with Gasteiger partial charge in [-0.05, 0) is 68.8 Å². The average molecular weight is 419 g/mol. The highest BCUT2D eigenvalue weighted by atomic mass is 35.5. The molecule has 0 spiro atoms. The lowest BCUT2D eigenvalue weighted by Gasteiger charge is -2.26. The zero-order valence-corrected chi connectivity index (χ0v) is 17.0. The number of amides is 1. The van der Waals surface area contributed by atoms with Gasteiger partial charge >= 0.3 is 6.61 Å². The molecule has 0 aromatic heterocycles. The van der Waals surface area contributed by atoms with Gasteiger partial charge in [0.2, 0.25) is 5.91 Å². The summed E-state index contributed by atoms with van der Waals surface area (Å²) in [6.45, 7) is -0.346. The van der Waals surface area contributed by atoms with Crippen LogP contribution in [-0.4, -0.2) is 43.7 Å². The fourth-order valence-electron chi connectivity index (χ4n) is 3.65. The molecule has 0 bridgehead atoms. The van der Waals surface area contributed by atoms with E-state index in [2.05, 4.69) is 10.1 Å². The molecule has 0 atom stereocenters. The lowest BCUT2D eigenvalue weighted by Crippen LogP contribution is -2.33. The molecule has 1 aliphatic heterocycles. The first-order valence-corrected chi connectivity index (χ1v) is 9.68. The second-order valence-electron chi connectivity index (χ2n) is 7.35. The van der Waals surface area contributed by atoms with Gasteiger partial charge in [0.25, 0.3) is 0 Å². The number of hydrogen-bond donors (Lipinski definition) is 1. The quantitative estimate of drug-likeness (QED) is 0.658. The van der Waals surface area contributed by atoms with Gasteiger partial charge in [0.1, 0.15) is 0 Å². The van der Waals surface area contributed by atoms with E-state index in [1.165, 1.54) is 13.2 Å². The van der Waals surface area contributed by atoms with Crippen molar-refractivity contribution in [1.82, 2.24) is 10.2 Å². The van der Waals surface area contributed by atoms with Crippen molar-refractivity contribution < 1.29 is 23.0 Å². The number of benzene rings is 1. The monoisotopic (exact) mass is 418 g/mol. The topological polar surface area (TPSA) is 50.8 Å². The maximum Gasteiger partial charge on any atom is 0.387 e. The Balaban J connectivity index is 0.00000280. The minimum absolute atomic E-state index is 0. The fourth-order valence-corrected chi connectivity index (χ4v) is 3.65. The molecule has 1 N–H and O–H groups in total. The van der Waals surface area contributed by atoms with E-state index < -0.39 is 6.61 Å². The normalized spacial score (nSPS) is 17.1. The molecule has 1 aromatic carbocycles. The number of carbonyl (C=O) groups excluding carboxylic acids is 1. The molecule has 3 rings (SSSR count). The summed E-state index contributed by atoms with van der Waals surface area (Å²) >= 11 is 0. The summed E-state index contributed by atoms with van der Waals surface area (Å²) < 4.78 is 34.6. The molecule has 1 heterocycles. The van der Waals surface area contributed by atoms with Gasteiger partial charge in [-0.3, -0.25) is 4.79 Å². The molecule has 1 saturated heterocycles. The van der Waals surface area contributed by atoms with Crippen molar-refractivity contribution >= 4 is 18.3 Å². The SMILES string of the molecule is COc1cc(CN(C(=O)CCC2CCNCC2)C2CC2)ccc1OC(F)F.Cl. The van der Waals surface area contributed by atoms with Crippen molar-refractivity contribution in [2.24, 2.45) is 5.92 Å². The first-order chi connectivity index (χ1) is 13.1. The number of halogens is 3. The summed E-state index contributed by atoms with van der Waals surface area (Å²) in [7, 11) is 1.42. The molecular weight excluding hydrogens is 390 g/mol. The molecule has 158 valence electrons. The summed E-state index contributed by atoms with van der Waals surface area (Å²) in [6.07, 6.45) is 5.85. The van der Waals surface area contributed by atoms with E-state index in [9.17, 15) is 13.6 Å². The van der Waals surface area contributed by atoms with Crippen LogP contribution < -0.4 is 14.8 Å². The van der Waals surface area contributed by atoms with Crippen LogP contribution in [0.5, 0.6) is 11.5 Å². The number of rotatable bonds is 9. The zero-order valence-electron chi connectivity index (χ0n) is 16.2. The molecule has 1 amide bonds. The largest absolute Gasteiger partial charge is 0.493 e. The highest BCUT2D eigenvalue weighted by Gasteiger charge is 2.32. The summed E-state index contributed by atoms with van der Waals surface area (Å²) in [6, 6.07) is 5.17. The van der Waals surface area contributed by atoms with E-state index in [0.29, 0.717) is 24.9 Å². The Morgan fingerprint density at radius 1 is 1.21 bits per heavy atom. The number of nitrogens with zero attached hydrogens (tertiary/aromatic N) is 1. The van der Waals surface area contributed by atoms with Crippen molar-refractivity contribution in [3.8, 4) is 11.5 Å². The Morgan fingerprint density at radius 2 is 1.93 bits per heavy atom. The number of alkyl halides is 2. The van der Waals surface area contributed by atoms with E-state index in [4.69, 9.17) is 4.74 Å². The summed E-state index contributed by atoms with van der Waals surface area (Å²) in [4.78, 5) is 14.7. The molecule has 8 heteroatoms. The standard InChI is InChI=1S/C20H28F2N2O3.ClH/c1-26-18-12-15(2-6-17(18)27-20(21)22)13-24(16-4-5-16)19(25)7-3-14-8-10-23-11-9-14;/h2,6,12,14,16,20,23H,3-5,7-11,13H2,1H3;1H. The smallest absolute Gasteiger partial charge is 0.387 e. The van der Waals surface area contributed by atoms with Gasteiger partial charge in [-0.15, -0.1) is 12.4 Å². The van der Waals surface area contributed by atoms with Crippen molar-refractivity contribution in [3.63, 3.8) is 0 Å². The summed E-state index contributed by atoms with van der Waals surface area (Å²) in [5, 5.41) is 3.35. The number of nitrogens with one attached hydrogen (secondary N) is 1. The third-order valence-corrected chi connectivity index (χ3v) is 5.33. The van der Waals surface area contributed by atoms with Crippen LogP contribution in [0.1, 0.15) is 44.1 Å². The van der Waals surface area contributed by atoms with Crippen molar-refractivity contribution in [2.45, 2.75) is 57.7 Å². The Morgan fingerprint density at radius 3 is 2.54 bits per heavy atom. The van der Waals surface area contributed by atoms with Crippen LogP contribution in [0.25, 0.3) is 0 Å². The minimum Gasteiger partial charge on any atom is -0.493 e. The maximum atomic E-state index is 12.8. The zero-order chi connectivity index (χ0) is 19.2. The Labute approximate surface area is 171 Å². The second kappa shape index (κ2) is 10.8. The van der Waals surface area contributed by atoms with Gasteiger partial charge in [0.05, 0.1) is 7.11 Å². The third kappa shape index (κ3) is 6.48. The molecule has 5 nitrogen and oxygen atoms in total. The van der Waals surface area contributed by atoms with E-state index in [0.717, 1.165) is 50.8 Å². The number of hydrogen-bond acceptors (Lipinski definition) is 4. The fraction of sp³-hybridized carbons (Fsp3) is 0.650. The third-order valence-electron chi connectivity index (χ3n) is 5.33. The number of methoxy groups -OCH3 is 1. The lowest BCUT2D eigenvalue weighted by molar-refractivity contribution is -0.132. The first-order valence-electron chi connectivity index (χ1n) is 9.68. The average Bonchev–Trinajstić information content (AvgIpc) is 3.50. The van der Waals surface area contributed by atoms with Gasteiger partial charge < -0.3 is 19.7 Å². The van der Waals surface area contributed by atoms with Gasteiger partial charge in [0, 0.05) is 19.0 Å². The lowest BCUT2D eigenvalue weighted by atomic mass is 9.93. The molecule has 2 fully saturated rings. The van der Waals surface area contributed by atoms with Crippen LogP contribution in [0, 0.1) is 5.92 Å². The minimum atomic E-state index is -2.90. The Hall–Kier alpha value is -1.60. The van der Waals surface area contributed by atoms with Gasteiger partial charge in [-0.25, -0.2) is 0 Å². The van der Waals surface area contributed by atoms with E-state index in [1.54, 1.807) is 12.1 Å². The molecule has 1 saturated carbocycles. The van der Waals surface area contributed by atoms with Crippen LogP contribution >= 0.6 is 12.4 Å². The molecular formula is C20H29ClF2N2O3. The molecule has 28 heavy (non-hydrogen) atoms. The van der Waals surface area contributed by atoms with Crippen molar-refractivity contribution in [2.75, 3.05) is 20.2 Å². The molecule has 1 aliphatic carbocycles. The van der Waals surface area contributed by atoms with E-state index in [1.807, 2.05) is 4.90 Å².